The molecule has 0 radical (unpaired) electrons. The van der Waals surface area contributed by atoms with Gasteiger partial charge in [-0.2, -0.15) is 0 Å². The normalized spacial score (nSPS) is 17.0. The van der Waals surface area contributed by atoms with Crippen molar-refractivity contribution in [3.05, 3.63) is 17.1 Å². The summed E-state index contributed by atoms with van der Waals surface area (Å²) in [6.45, 7) is 4.69. The minimum absolute atomic E-state index is 0.0405. The molecule has 0 saturated heterocycles. The first-order chi connectivity index (χ1) is 10.5. The Hall–Kier alpha value is -2.18. The predicted octanol–water partition coefficient (Wildman–Crippen LogP) is 0.576. The van der Waals surface area contributed by atoms with Gasteiger partial charge in [0, 0.05) is 24.1 Å². The first-order valence-corrected chi connectivity index (χ1v) is 7.77. The van der Waals surface area contributed by atoms with E-state index in [1.54, 1.807) is 0 Å². The molecule has 1 aromatic rings. The number of rotatable bonds is 5. The second-order valence-electron chi connectivity index (χ2n) is 6.11. The summed E-state index contributed by atoms with van der Waals surface area (Å²) in [5.41, 5.74) is 1.22. The van der Waals surface area contributed by atoms with Gasteiger partial charge in [-0.25, -0.2) is 9.97 Å². The van der Waals surface area contributed by atoms with Crippen molar-refractivity contribution in [2.24, 2.45) is 0 Å². The molecule has 0 atom stereocenters. The summed E-state index contributed by atoms with van der Waals surface area (Å²) in [5.74, 6) is 1.12. The molecule has 1 aliphatic heterocycles. The predicted molar refractivity (Wildman–Crippen MR) is 81.8 cm³/mol. The number of fused-ring (bicyclic) bond motifs is 1. The van der Waals surface area contributed by atoms with Gasteiger partial charge in [0.2, 0.25) is 5.91 Å². The van der Waals surface area contributed by atoms with Crippen LogP contribution in [-0.2, 0) is 11.2 Å². The number of carbonyl (C=O) groups excluding carboxylic acids is 2. The molecule has 3 N–H and O–H groups in total. The van der Waals surface area contributed by atoms with Crippen LogP contribution >= 0.6 is 0 Å². The van der Waals surface area contributed by atoms with Gasteiger partial charge >= 0.3 is 0 Å². The maximum atomic E-state index is 12.0. The van der Waals surface area contributed by atoms with Gasteiger partial charge in [0.15, 0.2) is 0 Å². The lowest BCUT2D eigenvalue weighted by atomic mass is 10.1. The maximum Gasteiger partial charge on any atom is 0.270 e. The van der Waals surface area contributed by atoms with Gasteiger partial charge in [0.05, 0.1) is 6.54 Å². The minimum Gasteiger partial charge on any atom is -0.361 e. The van der Waals surface area contributed by atoms with Gasteiger partial charge in [-0.15, -0.1) is 0 Å². The summed E-state index contributed by atoms with van der Waals surface area (Å²) in [5, 5.41) is 8.80. The van der Waals surface area contributed by atoms with Crippen LogP contribution in [0.25, 0.3) is 0 Å². The van der Waals surface area contributed by atoms with E-state index < -0.39 is 0 Å². The Morgan fingerprint density at radius 3 is 2.82 bits per heavy atom. The fourth-order valence-electron chi connectivity index (χ4n) is 2.39. The Labute approximate surface area is 129 Å². The van der Waals surface area contributed by atoms with Crippen LogP contribution < -0.4 is 16.0 Å². The van der Waals surface area contributed by atoms with E-state index in [1.807, 2.05) is 13.8 Å². The Bertz CT molecular complexity index is 610. The molecular formula is C15H21N5O2. The van der Waals surface area contributed by atoms with Crippen molar-refractivity contribution in [2.75, 3.05) is 18.4 Å². The molecule has 2 amide bonds. The second kappa shape index (κ2) is 5.90. The molecule has 1 aromatic heterocycles. The molecule has 3 rings (SSSR count). The van der Waals surface area contributed by atoms with Crippen LogP contribution in [0.1, 0.15) is 54.5 Å². The van der Waals surface area contributed by atoms with Gasteiger partial charge in [-0.1, -0.05) is 13.8 Å². The number of anilines is 1. The van der Waals surface area contributed by atoms with Crippen molar-refractivity contribution in [1.29, 1.82) is 0 Å². The molecule has 1 fully saturated rings. The zero-order valence-electron chi connectivity index (χ0n) is 12.9. The zero-order valence-corrected chi connectivity index (χ0v) is 12.9. The second-order valence-corrected chi connectivity index (χ2v) is 6.11. The number of amides is 2. The molecular weight excluding hydrogens is 282 g/mol. The lowest BCUT2D eigenvalue weighted by Gasteiger charge is -2.20. The van der Waals surface area contributed by atoms with E-state index >= 15 is 0 Å². The first kappa shape index (κ1) is 14.7. The van der Waals surface area contributed by atoms with Gasteiger partial charge in [-0.05, 0) is 19.3 Å². The lowest BCUT2D eigenvalue weighted by molar-refractivity contribution is -0.119. The highest BCUT2D eigenvalue weighted by molar-refractivity contribution is 5.96. The van der Waals surface area contributed by atoms with E-state index in [-0.39, 0.29) is 24.3 Å². The Balaban J connectivity index is 1.81. The average molecular weight is 303 g/mol. The summed E-state index contributed by atoms with van der Waals surface area (Å²) in [6.07, 6.45) is 2.80. The third-order valence-electron chi connectivity index (χ3n) is 3.78. The van der Waals surface area contributed by atoms with Gasteiger partial charge < -0.3 is 16.0 Å². The molecule has 0 unspecified atom stereocenters. The number of carbonyl (C=O) groups is 2. The Morgan fingerprint density at radius 2 is 2.14 bits per heavy atom. The zero-order chi connectivity index (χ0) is 15.7. The molecule has 1 saturated carbocycles. The van der Waals surface area contributed by atoms with Gasteiger partial charge in [-0.3, -0.25) is 9.59 Å². The third kappa shape index (κ3) is 3.18. The van der Waals surface area contributed by atoms with Crippen molar-refractivity contribution in [1.82, 2.24) is 20.6 Å². The van der Waals surface area contributed by atoms with E-state index in [9.17, 15) is 9.59 Å². The van der Waals surface area contributed by atoms with Crippen molar-refractivity contribution in [3.8, 4) is 0 Å². The molecule has 0 spiro atoms. The Kier molecular flexibility index (Phi) is 3.96. The van der Waals surface area contributed by atoms with Crippen molar-refractivity contribution >= 4 is 17.6 Å². The molecule has 22 heavy (non-hydrogen) atoms. The van der Waals surface area contributed by atoms with E-state index in [1.165, 1.54) is 0 Å². The van der Waals surface area contributed by atoms with Crippen LogP contribution in [0, 0.1) is 0 Å². The average Bonchev–Trinajstić information content (AvgIpc) is 3.29. The summed E-state index contributed by atoms with van der Waals surface area (Å²) in [6, 6.07) is 0.339. The van der Waals surface area contributed by atoms with Gasteiger partial charge in [0.25, 0.3) is 5.91 Å². The quantitative estimate of drug-likeness (QED) is 0.739. The number of hydrogen-bond acceptors (Lipinski definition) is 5. The largest absolute Gasteiger partial charge is 0.361 e. The fraction of sp³-hybridized carbons (Fsp3) is 0.600. The smallest absolute Gasteiger partial charge is 0.270 e. The summed E-state index contributed by atoms with van der Waals surface area (Å²) in [7, 11) is 0. The molecule has 0 aromatic carbocycles. The highest BCUT2D eigenvalue weighted by atomic mass is 16.2. The molecule has 1 aliphatic carbocycles. The number of nitrogens with one attached hydrogen (secondary N) is 3. The van der Waals surface area contributed by atoms with Crippen LogP contribution in [0.15, 0.2) is 0 Å². The molecule has 7 nitrogen and oxygen atoms in total. The summed E-state index contributed by atoms with van der Waals surface area (Å²) in [4.78, 5) is 32.7. The fourth-order valence-corrected chi connectivity index (χ4v) is 2.39. The van der Waals surface area contributed by atoms with Crippen molar-refractivity contribution in [3.63, 3.8) is 0 Å². The molecule has 2 aliphatic rings. The minimum atomic E-state index is -0.170. The van der Waals surface area contributed by atoms with Crippen molar-refractivity contribution < 1.29 is 9.59 Å². The summed E-state index contributed by atoms with van der Waals surface area (Å²) < 4.78 is 0. The first-order valence-electron chi connectivity index (χ1n) is 7.77. The standard InChI is InChI=1S/C15H21N5O2/c1-8(2)13-19-12-10(5-6-16-15(12)22)14(20-13)17-7-11(21)18-9-3-4-9/h8-9H,3-7H2,1-2H3,(H,16,22)(H,18,21)(H,17,19,20). The van der Waals surface area contributed by atoms with E-state index in [4.69, 9.17) is 0 Å². The molecule has 2 heterocycles. The molecule has 7 heteroatoms. The van der Waals surface area contributed by atoms with E-state index in [0.717, 1.165) is 18.4 Å². The molecule has 0 bridgehead atoms. The van der Waals surface area contributed by atoms with E-state index in [0.29, 0.717) is 36.3 Å². The van der Waals surface area contributed by atoms with Crippen molar-refractivity contribution in [2.45, 2.75) is 45.1 Å². The van der Waals surface area contributed by atoms with Crippen LogP contribution in [0.3, 0.4) is 0 Å². The van der Waals surface area contributed by atoms with Crippen LogP contribution in [-0.4, -0.2) is 40.9 Å². The number of hydrogen-bond donors (Lipinski definition) is 3. The third-order valence-corrected chi connectivity index (χ3v) is 3.78. The van der Waals surface area contributed by atoms with Crippen LogP contribution in [0.5, 0.6) is 0 Å². The maximum absolute atomic E-state index is 12.0. The highest BCUT2D eigenvalue weighted by Gasteiger charge is 2.26. The topological polar surface area (TPSA) is 96.0 Å². The SMILES string of the molecule is CC(C)c1nc(NCC(=O)NC2CC2)c2c(n1)C(=O)NCC2. The van der Waals surface area contributed by atoms with Crippen LogP contribution in [0.2, 0.25) is 0 Å². The Morgan fingerprint density at radius 1 is 1.36 bits per heavy atom. The van der Waals surface area contributed by atoms with E-state index in [2.05, 4.69) is 25.9 Å². The summed E-state index contributed by atoms with van der Waals surface area (Å²) >= 11 is 0. The van der Waals surface area contributed by atoms with Crippen LogP contribution in [0.4, 0.5) is 5.82 Å². The highest BCUT2D eigenvalue weighted by Crippen LogP contribution is 2.23. The number of aromatic nitrogens is 2. The van der Waals surface area contributed by atoms with Gasteiger partial charge in [0.1, 0.15) is 17.3 Å². The monoisotopic (exact) mass is 303 g/mol. The number of nitrogens with zero attached hydrogens (tertiary/aromatic N) is 2. The molecule has 118 valence electrons. The lowest BCUT2D eigenvalue weighted by Crippen LogP contribution is -2.35.